The number of Topliss-reactive ketones (excluding diaryl/α,β-unsaturated/α-hetero) is 1. The number of hydrogen-bond donors (Lipinski definition) is 0. The second-order valence-electron chi connectivity index (χ2n) is 4.93. The molecule has 0 aromatic heterocycles. The predicted molar refractivity (Wildman–Crippen MR) is 69.3 cm³/mol. The molecule has 1 rings (SSSR count). The van der Waals surface area contributed by atoms with Crippen molar-refractivity contribution in [3.63, 3.8) is 0 Å². The molecule has 0 spiro atoms. The van der Waals surface area contributed by atoms with Gasteiger partial charge < -0.3 is 0 Å². The average Bonchev–Trinajstić information content (AvgIpc) is 2.21. The number of allylic oxidation sites excluding steroid dienone is 5. The lowest BCUT2D eigenvalue weighted by molar-refractivity contribution is -0.116. The second kappa shape index (κ2) is 5.83. The van der Waals surface area contributed by atoms with E-state index in [1.54, 1.807) is 0 Å². The van der Waals surface area contributed by atoms with Crippen molar-refractivity contribution in [2.24, 2.45) is 5.92 Å². The van der Waals surface area contributed by atoms with E-state index >= 15 is 0 Å². The third kappa shape index (κ3) is 3.80. The molecular formula is C15H22O. The van der Waals surface area contributed by atoms with E-state index in [4.69, 9.17) is 0 Å². The molecule has 0 N–H and O–H groups in total. The Kier molecular flexibility index (Phi) is 4.72. The lowest BCUT2D eigenvalue weighted by Crippen LogP contribution is -2.15. The first kappa shape index (κ1) is 13.0. The molecule has 1 aliphatic carbocycles. The highest BCUT2D eigenvalue weighted by atomic mass is 16.1. The normalized spacial score (nSPS) is 20.3. The Hall–Kier alpha value is -1.11. The van der Waals surface area contributed by atoms with Crippen LogP contribution in [0.15, 0.2) is 35.5 Å². The van der Waals surface area contributed by atoms with Gasteiger partial charge in [0.15, 0.2) is 5.78 Å². The summed E-state index contributed by atoms with van der Waals surface area (Å²) in [6.45, 7) is 10.3. The molecule has 88 valence electrons. The number of carbonyl (C=O) groups is 1. The van der Waals surface area contributed by atoms with Crippen LogP contribution in [0.3, 0.4) is 0 Å². The summed E-state index contributed by atoms with van der Waals surface area (Å²) in [5, 5.41) is 0. The average molecular weight is 218 g/mol. The Morgan fingerprint density at radius 3 is 2.81 bits per heavy atom. The highest BCUT2D eigenvalue weighted by Gasteiger charge is 2.20. The van der Waals surface area contributed by atoms with Crippen LogP contribution in [0.4, 0.5) is 0 Å². The molecule has 1 nitrogen and oxygen atoms in total. The van der Waals surface area contributed by atoms with Gasteiger partial charge >= 0.3 is 0 Å². The second-order valence-corrected chi connectivity index (χ2v) is 4.93. The van der Waals surface area contributed by atoms with Crippen LogP contribution < -0.4 is 0 Å². The maximum Gasteiger partial charge on any atom is 0.158 e. The predicted octanol–water partition coefficient (Wildman–Crippen LogP) is 4.21. The minimum Gasteiger partial charge on any atom is -0.295 e. The van der Waals surface area contributed by atoms with Gasteiger partial charge in [-0.1, -0.05) is 29.9 Å². The van der Waals surface area contributed by atoms with Crippen LogP contribution in [0, 0.1) is 5.92 Å². The molecule has 16 heavy (non-hydrogen) atoms. The fourth-order valence-electron chi connectivity index (χ4n) is 1.96. The van der Waals surface area contributed by atoms with Crippen LogP contribution in [0.25, 0.3) is 0 Å². The number of ketones is 1. The Morgan fingerprint density at radius 1 is 1.56 bits per heavy atom. The molecule has 1 aliphatic rings. The first-order valence-corrected chi connectivity index (χ1v) is 6.01. The van der Waals surface area contributed by atoms with Crippen LogP contribution in [0.2, 0.25) is 0 Å². The molecule has 1 heteroatoms. The monoisotopic (exact) mass is 218 g/mol. The topological polar surface area (TPSA) is 17.1 Å². The summed E-state index contributed by atoms with van der Waals surface area (Å²) < 4.78 is 0. The molecule has 0 aromatic carbocycles. The van der Waals surface area contributed by atoms with Crippen molar-refractivity contribution >= 4 is 5.78 Å². The highest BCUT2D eigenvalue weighted by Crippen LogP contribution is 2.28. The SMILES string of the molecule is C=C(CCC=C(C)C)[C@@H]1CC=C(C)C(=O)C1. The van der Waals surface area contributed by atoms with Crippen molar-refractivity contribution in [1.82, 2.24) is 0 Å². The smallest absolute Gasteiger partial charge is 0.158 e. The van der Waals surface area contributed by atoms with Crippen molar-refractivity contribution in [2.75, 3.05) is 0 Å². The summed E-state index contributed by atoms with van der Waals surface area (Å²) in [5.41, 5.74) is 3.51. The zero-order valence-electron chi connectivity index (χ0n) is 10.7. The van der Waals surface area contributed by atoms with Gasteiger partial charge in [0.2, 0.25) is 0 Å². The third-order valence-corrected chi connectivity index (χ3v) is 3.18. The van der Waals surface area contributed by atoms with Crippen LogP contribution in [-0.4, -0.2) is 5.78 Å². The Balaban J connectivity index is 2.45. The first-order valence-electron chi connectivity index (χ1n) is 6.01. The standard InChI is InChI=1S/C15H22O/c1-11(2)6-5-7-12(3)14-9-8-13(4)15(16)10-14/h6,8,14H,3,5,7,9-10H2,1-2,4H3/t14-/m1/s1. The highest BCUT2D eigenvalue weighted by molar-refractivity contribution is 5.95. The van der Waals surface area contributed by atoms with Gasteiger partial charge in [0.25, 0.3) is 0 Å². The summed E-state index contributed by atoms with van der Waals surface area (Å²) in [6.07, 6.45) is 8.01. The van der Waals surface area contributed by atoms with E-state index in [1.807, 2.05) is 6.92 Å². The Bertz CT molecular complexity index is 340. The fraction of sp³-hybridized carbons (Fsp3) is 0.533. The molecule has 0 saturated heterocycles. The Morgan fingerprint density at radius 2 is 2.25 bits per heavy atom. The van der Waals surface area contributed by atoms with Crippen LogP contribution in [0.5, 0.6) is 0 Å². The summed E-state index contributed by atoms with van der Waals surface area (Å²) in [5.74, 6) is 0.668. The first-order chi connectivity index (χ1) is 7.50. The van der Waals surface area contributed by atoms with Gasteiger partial charge in [-0.2, -0.15) is 0 Å². The molecule has 0 heterocycles. The maximum absolute atomic E-state index is 11.6. The molecule has 0 saturated carbocycles. The van der Waals surface area contributed by atoms with Crippen molar-refractivity contribution < 1.29 is 4.79 Å². The largest absolute Gasteiger partial charge is 0.295 e. The van der Waals surface area contributed by atoms with E-state index in [1.165, 1.54) is 11.1 Å². The summed E-state index contributed by atoms with van der Waals surface area (Å²) in [6, 6.07) is 0. The molecule has 0 aromatic rings. The van der Waals surface area contributed by atoms with E-state index in [-0.39, 0.29) is 0 Å². The molecule has 1 atom stereocenters. The third-order valence-electron chi connectivity index (χ3n) is 3.18. The van der Waals surface area contributed by atoms with E-state index in [0.29, 0.717) is 18.1 Å². The summed E-state index contributed by atoms with van der Waals surface area (Å²) in [7, 11) is 0. The zero-order valence-corrected chi connectivity index (χ0v) is 10.7. The van der Waals surface area contributed by atoms with Gasteiger partial charge in [-0.05, 0) is 51.5 Å². The summed E-state index contributed by atoms with van der Waals surface area (Å²) in [4.78, 5) is 11.6. The molecule has 0 amide bonds. The Labute approximate surface area is 98.9 Å². The number of rotatable bonds is 4. The van der Waals surface area contributed by atoms with Crippen molar-refractivity contribution in [3.8, 4) is 0 Å². The molecule has 0 radical (unpaired) electrons. The van der Waals surface area contributed by atoms with Gasteiger partial charge in [0.1, 0.15) is 0 Å². The van der Waals surface area contributed by atoms with E-state index in [0.717, 1.165) is 24.8 Å². The maximum atomic E-state index is 11.6. The van der Waals surface area contributed by atoms with Crippen molar-refractivity contribution in [2.45, 2.75) is 46.5 Å². The lowest BCUT2D eigenvalue weighted by Gasteiger charge is -2.21. The quantitative estimate of drug-likeness (QED) is 0.646. The lowest BCUT2D eigenvalue weighted by atomic mass is 9.83. The minimum atomic E-state index is 0.291. The number of carbonyl (C=O) groups excluding carboxylic acids is 1. The van der Waals surface area contributed by atoms with Gasteiger partial charge in [0.05, 0.1) is 0 Å². The van der Waals surface area contributed by atoms with E-state index in [2.05, 4.69) is 32.6 Å². The van der Waals surface area contributed by atoms with Gasteiger partial charge in [-0.3, -0.25) is 4.79 Å². The molecule has 0 aliphatic heterocycles. The fourth-order valence-corrected chi connectivity index (χ4v) is 1.96. The van der Waals surface area contributed by atoms with Gasteiger partial charge in [0, 0.05) is 6.42 Å². The van der Waals surface area contributed by atoms with Crippen LogP contribution in [0.1, 0.15) is 46.5 Å². The van der Waals surface area contributed by atoms with Crippen LogP contribution in [-0.2, 0) is 4.79 Å². The molecular weight excluding hydrogens is 196 g/mol. The van der Waals surface area contributed by atoms with E-state index < -0.39 is 0 Å². The summed E-state index contributed by atoms with van der Waals surface area (Å²) >= 11 is 0. The molecule has 0 fully saturated rings. The molecule has 0 bridgehead atoms. The van der Waals surface area contributed by atoms with Crippen molar-refractivity contribution in [1.29, 1.82) is 0 Å². The van der Waals surface area contributed by atoms with Gasteiger partial charge in [-0.15, -0.1) is 0 Å². The van der Waals surface area contributed by atoms with E-state index in [9.17, 15) is 4.79 Å². The van der Waals surface area contributed by atoms with Crippen molar-refractivity contribution in [3.05, 3.63) is 35.5 Å². The van der Waals surface area contributed by atoms with Crippen LogP contribution >= 0.6 is 0 Å². The molecule has 0 unspecified atom stereocenters. The number of hydrogen-bond acceptors (Lipinski definition) is 1. The van der Waals surface area contributed by atoms with Gasteiger partial charge in [-0.25, -0.2) is 0 Å². The zero-order chi connectivity index (χ0) is 12.1. The minimum absolute atomic E-state index is 0.291.